The highest BCUT2D eigenvalue weighted by molar-refractivity contribution is 5.51. The zero-order valence-corrected chi connectivity index (χ0v) is 12.1. The van der Waals surface area contributed by atoms with Crippen LogP contribution in [0.5, 0.6) is 0 Å². The van der Waals surface area contributed by atoms with Gasteiger partial charge < -0.3 is 11.1 Å². The number of alkyl halides is 3. The first-order chi connectivity index (χ1) is 10.3. The van der Waals surface area contributed by atoms with Gasteiger partial charge >= 0.3 is 6.18 Å². The zero-order valence-electron chi connectivity index (χ0n) is 12.1. The Labute approximate surface area is 125 Å². The van der Waals surface area contributed by atoms with E-state index < -0.39 is 12.2 Å². The van der Waals surface area contributed by atoms with E-state index in [0.29, 0.717) is 17.7 Å². The van der Waals surface area contributed by atoms with Crippen molar-refractivity contribution < 1.29 is 13.2 Å². The molecule has 0 amide bonds. The first kappa shape index (κ1) is 16.0. The summed E-state index contributed by atoms with van der Waals surface area (Å²) in [6, 6.07) is 2.41. The molecule has 0 fully saturated rings. The van der Waals surface area contributed by atoms with Gasteiger partial charge in [-0.15, -0.1) is 0 Å². The van der Waals surface area contributed by atoms with E-state index in [1.165, 1.54) is 18.3 Å². The van der Waals surface area contributed by atoms with E-state index in [2.05, 4.69) is 20.3 Å². The molecule has 5 nitrogen and oxygen atoms in total. The fraction of sp³-hybridized carbons (Fsp3) is 0.357. The van der Waals surface area contributed by atoms with E-state index in [0.717, 1.165) is 0 Å². The molecule has 22 heavy (non-hydrogen) atoms. The van der Waals surface area contributed by atoms with E-state index in [1.807, 2.05) is 6.92 Å². The topological polar surface area (TPSA) is 76.7 Å². The largest absolute Gasteiger partial charge is 0.414 e. The Hall–Kier alpha value is -2.38. The highest BCUT2D eigenvalue weighted by atomic mass is 19.4. The van der Waals surface area contributed by atoms with Gasteiger partial charge in [-0.05, 0) is 25.5 Å². The summed E-state index contributed by atoms with van der Waals surface area (Å²) in [5.74, 6) is 0.0135. The van der Waals surface area contributed by atoms with Gasteiger partial charge in [-0.1, -0.05) is 13.0 Å². The summed E-state index contributed by atoms with van der Waals surface area (Å²) in [4.78, 5) is 11.7. The standard InChI is InChI=1S/C14H16F3N5/c1-3-9-8(2)20-13(18)22-12(9)21-11(14(15,16)17)10-6-4-5-7-19-10/h4-7,11H,3H2,1-2H3,(H3,18,20,21,22)/t11-/m1/s1. The SMILES string of the molecule is CCc1c(C)nc(N)nc1N[C@H](c1ccccn1)C(F)(F)F. The second kappa shape index (κ2) is 6.17. The lowest BCUT2D eigenvalue weighted by atomic mass is 10.1. The van der Waals surface area contributed by atoms with Crippen molar-refractivity contribution in [1.82, 2.24) is 15.0 Å². The molecule has 2 aromatic rings. The van der Waals surface area contributed by atoms with Gasteiger partial charge in [0, 0.05) is 17.5 Å². The van der Waals surface area contributed by atoms with Crippen molar-refractivity contribution in [2.45, 2.75) is 32.5 Å². The minimum atomic E-state index is -4.52. The van der Waals surface area contributed by atoms with Crippen molar-refractivity contribution >= 4 is 11.8 Å². The number of nitrogen functional groups attached to an aromatic ring is 1. The highest BCUT2D eigenvalue weighted by Gasteiger charge is 2.42. The van der Waals surface area contributed by atoms with Gasteiger partial charge in [0.1, 0.15) is 5.82 Å². The fourth-order valence-corrected chi connectivity index (χ4v) is 2.17. The zero-order chi connectivity index (χ0) is 16.3. The van der Waals surface area contributed by atoms with Crippen LogP contribution in [0.3, 0.4) is 0 Å². The number of pyridine rings is 1. The Morgan fingerprint density at radius 1 is 1.27 bits per heavy atom. The number of aryl methyl sites for hydroxylation is 1. The number of rotatable bonds is 4. The first-order valence-corrected chi connectivity index (χ1v) is 6.70. The Morgan fingerprint density at radius 3 is 2.55 bits per heavy atom. The van der Waals surface area contributed by atoms with E-state index in [4.69, 9.17) is 5.73 Å². The molecular weight excluding hydrogens is 295 g/mol. The molecule has 0 unspecified atom stereocenters. The predicted octanol–water partition coefficient (Wildman–Crippen LogP) is 3.04. The molecule has 0 radical (unpaired) electrons. The molecule has 0 aliphatic carbocycles. The first-order valence-electron chi connectivity index (χ1n) is 6.70. The van der Waals surface area contributed by atoms with Crippen molar-refractivity contribution in [1.29, 1.82) is 0 Å². The van der Waals surface area contributed by atoms with Crippen LogP contribution in [-0.2, 0) is 6.42 Å². The van der Waals surface area contributed by atoms with Crippen LogP contribution in [0.25, 0.3) is 0 Å². The molecule has 0 saturated heterocycles. The molecule has 0 spiro atoms. The number of anilines is 2. The van der Waals surface area contributed by atoms with Crippen LogP contribution in [-0.4, -0.2) is 21.1 Å². The summed E-state index contributed by atoms with van der Waals surface area (Å²) in [7, 11) is 0. The second-order valence-corrected chi connectivity index (χ2v) is 4.72. The predicted molar refractivity (Wildman–Crippen MR) is 77.2 cm³/mol. The maximum absolute atomic E-state index is 13.4. The van der Waals surface area contributed by atoms with Crippen molar-refractivity contribution in [2.24, 2.45) is 0 Å². The Bertz CT molecular complexity index is 643. The molecular formula is C14H16F3N5. The third kappa shape index (κ3) is 3.44. The van der Waals surface area contributed by atoms with Crippen LogP contribution in [0.4, 0.5) is 24.9 Å². The average molecular weight is 311 g/mol. The third-order valence-electron chi connectivity index (χ3n) is 3.18. The molecule has 0 saturated carbocycles. The lowest BCUT2D eigenvalue weighted by molar-refractivity contribution is -0.144. The van der Waals surface area contributed by atoms with E-state index in [-0.39, 0.29) is 17.5 Å². The van der Waals surface area contributed by atoms with Gasteiger partial charge in [0.05, 0.1) is 5.69 Å². The molecule has 0 aliphatic rings. The van der Waals surface area contributed by atoms with Crippen LogP contribution in [0.2, 0.25) is 0 Å². The molecule has 0 aromatic carbocycles. The normalized spacial score (nSPS) is 13.0. The monoisotopic (exact) mass is 311 g/mol. The van der Waals surface area contributed by atoms with E-state index in [9.17, 15) is 13.2 Å². The maximum Gasteiger partial charge on any atom is 0.414 e. The summed E-state index contributed by atoms with van der Waals surface area (Å²) in [6.45, 7) is 3.50. The molecule has 2 rings (SSSR count). The number of nitrogens with zero attached hydrogens (tertiary/aromatic N) is 3. The Balaban J connectivity index is 2.45. The number of aromatic nitrogens is 3. The smallest absolute Gasteiger partial charge is 0.368 e. The maximum atomic E-state index is 13.4. The van der Waals surface area contributed by atoms with Gasteiger partial charge in [0.15, 0.2) is 6.04 Å². The molecule has 8 heteroatoms. The lowest BCUT2D eigenvalue weighted by Crippen LogP contribution is -2.29. The van der Waals surface area contributed by atoms with Crippen LogP contribution in [0.1, 0.15) is 29.9 Å². The van der Waals surface area contributed by atoms with Crippen LogP contribution >= 0.6 is 0 Å². The van der Waals surface area contributed by atoms with Gasteiger partial charge in [0.2, 0.25) is 5.95 Å². The fourth-order valence-electron chi connectivity index (χ4n) is 2.17. The average Bonchev–Trinajstić information content (AvgIpc) is 2.44. The third-order valence-corrected chi connectivity index (χ3v) is 3.18. The molecule has 0 bridgehead atoms. The highest BCUT2D eigenvalue weighted by Crippen LogP contribution is 2.35. The van der Waals surface area contributed by atoms with Crippen molar-refractivity contribution in [2.75, 3.05) is 11.1 Å². The van der Waals surface area contributed by atoms with Crippen molar-refractivity contribution in [3.05, 3.63) is 41.3 Å². The minimum absolute atomic E-state index is 0.0702. The number of nitrogens with one attached hydrogen (secondary N) is 1. The van der Waals surface area contributed by atoms with Crippen LogP contribution in [0, 0.1) is 6.92 Å². The summed E-state index contributed by atoms with van der Waals surface area (Å²) in [5, 5.41) is 2.42. The summed E-state index contributed by atoms with van der Waals surface area (Å²) in [5.41, 5.74) is 6.57. The van der Waals surface area contributed by atoms with Gasteiger partial charge in [-0.25, -0.2) is 4.98 Å². The Kier molecular flexibility index (Phi) is 4.48. The van der Waals surface area contributed by atoms with E-state index in [1.54, 1.807) is 13.0 Å². The summed E-state index contributed by atoms with van der Waals surface area (Å²) in [6.07, 6.45) is -2.72. The summed E-state index contributed by atoms with van der Waals surface area (Å²) < 4.78 is 40.1. The summed E-state index contributed by atoms with van der Waals surface area (Å²) >= 11 is 0. The number of nitrogens with two attached hydrogens (primary N) is 1. The van der Waals surface area contributed by atoms with Gasteiger partial charge in [0.25, 0.3) is 0 Å². The van der Waals surface area contributed by atoms with Crippen molar-refractivity contribution in [3.63, 3.8) is 0 Å². The number of hydrogen-bond acceptors (Lipinski definition) is 5. The lowest BCUT2D eigenvalue weighted by Gasteiger charge is -2.23. The second-order valence-electron chi connectivity index (χ2n) is 4.72. The molecule has 1 atom stereocenters. The van der Waals surface area contributed by atoms with Crippen LogP contribution < -0.4 is 11.1 Å². The Morgan fingerprint density at radius 2 is 2.00 bits per heavy atom. The van der Waals surface area contributed by atoms with Crippen molar-refractivity contribution in [3.8, 4) is 0 Å². The quantitative estimate of drug-likeness (QED) is 0.907. The molecule has 2 aromatic heterocycles. The van der Waals surface area contributed by atoms with Gasteiger partial charge in [-0.2, -0.15) is 18.2 Å². The minimum Gasteiger partial charge on any atom is -0.368 e. The molecule has 0 aliphatic heterocycles. The van der Waals surface area contributed by atoms with Crippen LogP contribution in [0.15, 0.2) is 24.4 Å². The molecule has 118 valence electrons. The molecule has 2 heterocycles. The van der Waals surface area contributed by atoms with E-state index >= 15 is 0 Å². The number of hydrogen-bond donors (Lipinski definition) is 2. The molecule has 3 N–H and O–H groups in total. The number of halogens is 3. The van der Waals surface area contributed by atoms with Gasteiger partial charge in [-0.3, -0.25) is 4.98 Å².